The molecule has 0 atom stereocenters. The van der Waals surface area contributed by atoms with Crippen molar-refractivity contribution in [3.8, 4) is 23.1 Å². The minimum atomic E-state index is -0.941. The van der Waals surface area contributed by atoms with Crippen molar-refractivity contribution < 1.29 is 23.8 Å². The average molecular weight is 436 g/mol. The number of carbonyl (C=O) groups is 2. The number of nitrogens with zero attached hydrogens (tertiary/aromatic N) is 3. The Morgan fingerprint density at radius 3 is 2.41 bits per heavy atom. The first kappa shape index (κ1) is 22.7. The van der Waals surface area contributed by atoms with Crippen LogP contribution in [0.15, 0.2) is 36.4 Å². The van der Waals surface area contributed by atoms with Gasteiger partial charge in [0.05, 0.1) is 19.8 Å². The summed E-state index contributed by atoms with van der Waals surface area (Å²) in [6.45, 7) is 4.14. The van der Waals surface area contributed by atoms with Gasteiger partial charge in [-0.2, -0.15) is 15.6 Å². The first-order chi connectivity index (χ1) is 15.6. The van der Waals surface area contributed by atoms with Gasteiger partial charge in [0, 0.05) is 5.56 Å². The predicted molar refractivity (Wildman–Crippen MR) is 116 cm³/mol. The van der Waals surface area contributed by atoms with Gasteiger partial charge >= 0.3 is 11.9 Å². The van der Waals surface area contributed by atoms with Gasteiger partial charge in [0.2, 0.25) is 0 Å². The lowest BCUT2D eigenvalue weighted by molar-refractivity contribution is -0.162. The standard InChI is InChI=1S/C23H24N4O5/c1-3-30-22(28)19(23(29)31-4-2)6-5-11-32-18-10-9-15-12-17(8-7-16(15)13-18)21-20(14-24)25-27-26-21/h7-10,12-13,19H,3-6,11H2,1-2H3,(H,25,26,27). The Bertz CT molecular complexity index is 1120. The number of ether oxygens (including phenoxy) is 3. The molecule has 0 aliphatic rings. The summed E-state index contributed by atoms with van der Waals surface area (Å²) in [5.41, 5.74) is 1.54. The minimum Gasteiger partial charge on any atom is -0.494 e. The van der Waals surface area contributed by atoms with Crippen LogP contribution in [-0.2, 0) is 19.1 Å². The number of aromatic amines is 1. The van der Waals surface area contributed by atoms with Crippen LogP contribution in [0.3, 0.4) is 0 Å². The van der Waals surface area contributed by atoms with Crippen LogP contribution in [-0.4, -0.2) is 47.2 Å². The Kier molecular flexibility index (Phi) is 7.75. The summed E-state index contributed by atoms with van der Waals surface area (Å²) in [5.74, 6) is -1.41. The summed E-state index contributed by atoms with van der Waals surface area (Å²) < 4.78 is 15.8. The number of rotatable bonds is 10. The minimum absolute atomic E-state index is 0.207. The van der Waals surface area contributed by atoms with E-state index in [1.54, 1.807) is 13.8 Å². The molecule has 0 amide bonds. The fourth-order valence-corrected chi connectivity index (χ4v) is 3.27. The molecule has 0 spiro atoms. The predicted octanol–water partition coefficient (Wildman–Crippen LogP) is 3.40. The summed E-state index contributed by atoms with van der Waals surface area (Å²) in [6, 6.07) is 13.4. The number of hydrogen-bond donors (Lipinski definition) is 1. The second kappa shape index (κ2) is 10.9. The molecule has 1 aromatic heterocycles. The maximum atomic E-state index is 12.0. The zero-order chi connectivity index (χ0) is 22.9. The molecular formula is C23H24N4O5. The quantitative estimate of drug-likeness (QED) is 0.291. The van der Waals surface area contributed by atoms with E-state index in [1.165, 1.54) is 0 Å². The van der Waals surface area contributed by atoms with Gasteiger partial charge < -0.3 is 14.2 Å². The Hall–Kier alpha value is -3.93. The van der Waals surface area contributed by atoms with Gasteiger partial charge in [-0.05, 0) is 55.7 Å². The van der Waals surface area contributed by atoms with Crippen LogP contribution in [0.4, 0.5) is 0 Å². The maximum absolute atomic E-state index is 12.0. The molecule has 0 fully saturated rings. The van der Waals surface area contributed by atoms with Crippen LogP contribution in [0.2, 0.25) is 0 Å². The third-order valence-corrected chi connectivity index (χ3v) is 4.79. The average Bonchev–Trinajstić information content (AvgIpc) is 3.28. The molecule has 9 heteroatoms. The number of esters is 2. The van der Waals surface area contributed by atoms with E-state index in [1.807, 2.05) is 42.5 Å². The molecule has 0 saturated heterocycles. The first-order valence-electron chi connectivity index (χ1n) is 10.4. The van der Waals surface area contributed by atoms with E-state index in [-0.39, 0.29) is 25.3 Å². The van der Waals surface area contributed by atoms with Gasteiger partial charge in [-0.1, -0.05) is 18.2 Å². The third-order valence-electron chi connectivity index (χ3n) is 4.79. The lowest BCUT2D eigenvalue weighted by atomic mass is 10.0. The number of hydrogen-bond acceptors (Lipinski definition) is 8. The molecule has 2 aromatic carbocycles. The highest BCUT2D eigenvalue weighted by Crippen LogP contribution is 2.27. The number of benzene rings is 2. The van der Waals surface area contributed by atoms with E-state index in [4.69, 9.17) is 19.5 Å². The van der Waals surface area contributed by atoms with Crippen molar-refractivity contribution in [2.24, 2.45) is 5.92 Å². The smallest absolute Gasteiger partial charge is 0.320 e. The lowest BCUT2D eigenvalue weighted by Gasteiger charge is -2.14. The molecule has 32 heavy (non-hydrogen) atoms. The largest absolute Gasteiger partial charge is 0.494 e. The third kappa shape index (κ3) is 5.40. The summed E-state index contributed by atoms with van der Waals surface area (Å²) in [7, 11) is 0. The van der Waals surface area contributed by atoms with Gasteiger partial charge in [-0.3, -0.25) is 9.59 Å². The monoisotopic (exact) mass is 436 g/mol. The number of nitriles is 1. The molecule has 0 aliphatic carbocycles. The molecule has 1 heterocycles. The number of carbonyl (C=O) groups excluding carboxylic acids is 2. The number of aromatic nitrogens is 3. The molecule has 166 valence electrons. The van der Waals surface area contributed by atoms with Crippen LogP contribution in [0.1, 0.15) is 32.4 Å². The molecule has 0 aliphatic heterocycles. The number of H-pyrrole nitrogens is 1. The Balaban J connectivity index is 1.61. The SMILES string of the molecule is CCOC(=O)C(CCCOc1ccc2cc(-c3n[nH]nc3C#N)ccc2c1)C(=O)OCC. The summed E-state index contributed by atoms with van der Waals surface area (Å²) in [6.07, 6.45) is 0.774. The molecule has 0 radical (unpaired) electrons. The lowest BCUT2D eigenvalue weighted by Crippen LogP contribution is -2.28. The highest BCUT2D eigenvalue weighted by molar-refractivity contribution is 5.94. The van der Waals surface area contributed by atoms with Gasteiger partial charge in [0.15, 0.2) is 11.6 Å². The van der Waals surface area contributed by atoms with Gasteiger partial charge in [0.1, 0.15) is 17.5 Å². The summed E-state index contributed by atoms with van der Waals surface area (Å²) in [4.78, 5) is 24.1. The highest BCUT2D eigenvalue weighted by atomic mass is 16.6. The van der Waals surface area contributed by atoms with Crippen LogP contribution >= 0.6 is 0 Å². The van der Waals surface area contributed by atoms with Crippen LogP contribution in [0.25, 0.3) is 22.0 Å². The maximum Gasteiger partial charge on any atom is 0.320 e. The van der Waals surface area contributed by atoms with Crippen molar-refractivity contribution in [3.05, 3.63) is 42.1 Å². The molecule has 3 rings (SSSR count). The fourth-order valence-electron chi connectivity index (χ4n) is 3.27. The topological polar surface area (TPSA) is 127 Å². The Labute approximate surface area is 185 Å². The summed E-state index contributed by atoms with van der Waals surface area (Å²) in [5, 5.41) is 21.4. The molecule has 9 nitrogen and oxygen atoms in total. The van der Waals surface area contributed by atoms with E-state index in [0.717, 1.165) is 16.3 Å². The fraction of sp³-hybridized carbons (Fsp3) is 0.348. The molecular weight excluding hydrogens is 412 g/mol. The van der Waals surface area contributed by atoms with Crippen molar-refractivity contribution in [1.29, 1.82) is 5.26 Å². The van der Waals surface area contributed by atoms with Gasteiger partial charge in [-0.25, -0.2) is 0 Å². The number of fused-ring (bicyclic) bond motifs is 1. The van der Waals surface area contributed by atoms with Crippen molar-refractivity contribution in [2.45, 2.75) is 26.7 Å². The molecule has 0 bridgehead atoms. The molecule has 1 N–H and O–H groups in total. The van der Waals surface area contributed by atoms with Gasteiger partial charge in [0.25, 0.3) is 0 Å². The van der Waals surface area contributed by atoms with Crippen molar-refractivity contribution in [1.82, 2.24) is 15.4 Å². The Morgan fingerprint density at radius 1 is 1.03 bits per heavy atom. The van der Waals surface area contributed by atoms with Crippen molar-refractivity contribution in [2.75, 3.05) is 19.8 Å². The zero-order valence-electron chi connectivity index (χ0n) is 18.0. The van der Waals surface area contributed by atoms with E-state index < -0.39 is 17.9 Å². The van der Waals surface area contributed by atoms with E-state index in [0.29, 0.717) is 24.5 Å². The van der Waals surface area contributed by atoms with Crippen LogP contribution in [0.5, 0.6) is 5.75 Å². The molecule has 0 unspecified atom stereocenters. The van der Waals surface area contributed by atoms with Crippen molar-refractivity contribution >= 4 is 22.7 Å². The second-order valence-corrected chi connectivity index (χ2v) is 6.90. The molecule has 3 aromatic rings. The van der Waals surface area contributed by atoms with Gasteiger partial charge in [-0.15, -0.1) is 5.10 Å². The summed E-state index contributed by atoms with van der Waals surface area (Å²) >= 11 is 0. The second-order valence-electron chi connectivity index (χ2n) is 6.90. The van der Waals surface area contributed by atoms with Crippen LogP contribution in [0, 0.1) is 17.2 Å². The van der Waals surface area contributed by atoms with E-state index in [9.17, 15) is 9.59 Å². The normalized spacial score (nSPS) is 10.7. The molecule has 0 saturated carbocycles. The van der Waals surface area contributed by atoms with Crippen molar-refractivity contribution in [3.63, 3.8) is 0 Å². The Morgan fingerprint density at radius 2 is 1.72 bits per heavy atom. The zero-order valence-corrected chi connectivity index (χ0v) is 18.0. The highest BCUT2D eigenvalue weighted by Gasteiger charge is 2.28. The number of nitrogens with one attached hydrogen (secondary N) is 1. The van der Waals surface area contributed by atoms with E-state index in [2.05, 4.69) is 15.4 Å². The first-order valence-corrected chi connectivity index (χ1v) is 10.4. The van der Waals surface area contributed by atoms with E-state index >= 15 is 0 Å². The van der Waals surface area contributed by atoms with Crippen LogP contribution < -0.4 is 4.74 Å².